The molecule has 2 rings (SSSR count). The minimum Gasteiger partial charge on any atom is -0.497 e. The number of rotatable bonds is 6. The largest absolute Gasteiger partial charge is 0.497 e. The zero-order chi connectivity index (χ0) is 14.5. The smallest absolute Gasteiger partial charge is 0.122 e. The zero-order valence-corrected chi connectivity index (χ0v) is 12.2. The third-order valence-corrected chi connectivity index (χ3v) is 3.32. The molecule has 5 heteroatoms. The molecular weight excluding hydrogens is 254 g/mol. The first-order chi connectivity index (χ1) is 9.60. The van der Waals surface area contributed by atoms with Crippen LogP contribution in [0, 0.1) is 0 Å². The highest BCUT2D eigenvalue weighted by atomic mass is 16.5. The number of benzene rings is 1. The molecule has 1 aromatic heterocycles. The van der Waals surface area contributed by atoms with E-state index in [2.05, 4.69) is 9.88 Å². The van der Waals surface area contributed by atoms with E-state index in [1.807, 2.05) is 49.1 Å². The van der Waals surface area contributed by atoms with E-state index in [1.165, 1.54) is 0 Å². The summed E-state index contributed by atoms with van der Waals surface area (Å²) in [5.41, 5.74) is 0.887. The highest BCUT2D eigenvalue weighted by Crippen LogP contribution is 2.18. The first kappa shape index (κ1) is 14.6. The first-order valence-corrected chi connectivity index (χ1v) is 6.57. The summed E-state index contributed by atoms with van der Waals surface area (Å²) in [6.45, 7) is 1.26. The summed E-state index contributed by atoms with van der Waals surface area (Å²) in [5.74, 6) is 1.77. The lowest BCUT2D eigenvalue weighted by atomic mass is 10.1. The Hall–Kier alpha value is -1.85. The van der Waals surface area contributed by atoms with Gasteiger partial charge in [0.25, 0.3) is 0 Å². The number of nitrogens with zero attached hydrogens (tertiary/aromatic N) is 3. The SMILES string of the molecule is COc1ccc(C(O)CN(C)Cc2nccn2C)cc1. The van der Waals surface area contributed by atoms with E-state index < -0.39 is 6.10 Å². The summed E-state index contributed by atoms with van der Waals surface area (Å²) in [6.07, 6.45) is 3.18. The third-order valence-electron chi connectivity index (χ3n) is 3.32. The number of aromatic nitrogens is 2. The van der Waals surface area contributed by atoms with Crippen LogP contribution in [0.25, 0.3) is 0 Å². The molecule has 0 bridgehead atoms. The standard InChI is InChI=1S/C15H21N3O2/c1-17(11-15-16-8-9-18(15)2)10-14(19)12-4-6-13(20-3)7-5-12/h4-9,14,19H,10-11H2,1-3H3. The molecule has 2 aromatic rings. The molecule has 20 heavy (non-hydrogen) atoms. The van der Waals surface area contributed by atoms with Gasteiger partial charge in [-0.15, -0.1) is 0 Å². The number of hydrogen-bond donors (Lipinski definition) is 1. The van der Waals surface area contributed by atoms with Gasteiger partial charge in [0, 0.05) is 26.0 Å². The van der Waals surface area contributed by atoms with Crippen LogP contribution in [0.3, 0.4) is 0 Å². The molecule has 0 fully saturated rings. The molecule has 0 aliphatic rings. The number of ether oxygens (including phenoxy) is 1. The molecule has 108 valence electrons. The maximum atomic E-state index is 10.2. The Morgan fingerprint density at radius 3 is 2.60 bits per heavy atom. The summed E-state index contributed by atoms with van der Waals surface area (Å²) in [7, 11) is 5.57. The molecule has 0 saturated carbocycles. The molecule has 0 radical (unpaired) electrons. The van der Waals surface area contributed by atoms with Gasteiger partial charge < -0.3 is 14.4 Å². The van der Waals surface area contributed by atoms with Crippen LogP contribution in [0.15, 0.2) is 36.7 Å². The third kappa shape index (κ3) is 3.59. The second-order valence-electron chi connectivity index (χ2n) is 4.94. The fourth-order valence-corrected chi connectivity index (χ4v) is 2.08. The average molecular weight is 275 g/mol. The van der Waals surface area contributed by atoms with Crippen LogP contribution in [0.2, 0.25) is 0 Å². The molecule has 1 aromatic carbocycles. The molecule has 0 aliphatic carbocycles. The van der Waals surface area contributed by atoms with Gasteiger partial charge in [0.2, 0.25) is 0 Å². The van der Waals surface area contributed by atoms with Crippen molar-refractivity contribution < 1.29 is 9.84 Å². The number of imidazole rings is 1. The lowest BCUT2D eigenvalue weighted by Crippen LogP contribution is -2.25. The summed E-state index contributed by atoms with van der Waals surface area (Å²) >= 11 is 0. The van der Waals surface area contributed by atoms with Crippen molar-refractivity contribution in [3.63, 3.8) is 0 Å². The second kappa shape index (κ2) is 6.54. The van der Waals surface area contributed by atoms with Crippen molar-refractivity contribution in [3.05, 3.63) is 48.0 Å². The van der Waals surface area contributed by atoms with Crippen LogP contribution in [0.4, 0.5) is 0 Å². The van der Waals surface area contributed by atoms with Crippen LogP contribution in [-0.4, -0.2) is 40.3 Å². The van der Waals surface area contributed by atoms with Gasteiger partial charge in [0.15, 0.2) is 0 Å². The Bertz CT molecular complexity index is 536. The van der Waals surface area contributed by atoms with Crippen LogP contribution in [-0.2, 0) is 13.6 Å². The van der Waals surface area contributed by atoms with E-state index in [0.29, 0.717) is 13.1 Å². The minimum atomic E-state index is -0.522. The monoisotopic (exact) mass is 275 g/mol. The Labute approximate surface area is 119 Å². The minimum absolute atomic E-state index is 0.522. The Balaban J connectivity index is 1.92. The number of methoxy groups -OCH3 is 1. The Morgan fingerprint density at radius 1 is 1.35 bits per heavy atom. The quantitative estimate of drug-likeness (QED) is 0.870. The number of hydrogen-bond acceptors (Lipinski definition) is 4. The van der Waals surface area contributed by atoms with Gasteiger partial charge in [0.05, 0.1) is 19.8 Å². The van der Waals surface area contributed by atoms with Gasteiger partial charge in [0.1, 0.15) is 11.6 Å². The molecular formula is C15H21N3O2. The number of likely N-dealkylation sites (N-methyl/N-ethyl adjacent to an activating group) is 1. The van der Waals surface area contributed by atoms with Crippen molar-refractivity contribution in [3.8, 4) is 5.75 Å². The predicted molar refractivity (Wildman–Crippen MR) is 77.5 cm³/mol. The molecule has 1 unspecified atom stereocenters. The van der Waals surface area contributed by atoms with Crippen molar-refractivity contribution in [1.82, 2.24) is 14.5 Å². The van der Waals surface area contributed by atoms with Crippen molar-refractivity contribution in [2.24, 2.45) is 7.05 Å². The molecule has 0 aliphatic heterocycles. The van der Waals surface area contributed by atoms with Gasteiger partial charge >= 0.3 is 0 Å². The van der Waals surface area contributed by atoms with Crippen LogP contribution in [0.1, 0.15) is 17.5 Å². The average Bonchev–Trinajstić information content (AvgIpc) is 2.84. The van der Waals surface area contributed by atoms with E-state index in [-0.39, 0.29) is 0 Å². The summed E-state index contributed by atoms with van der Waals surface area (Å²) in [4.78, 5) is 6.33. The fraction of sp³-hybridized carbons (Fsp3) is 0.400. The number of aliphatic hydroxyl groups is 1. The van der Waals surface area contributed by atoms with Crippen molar-refractivity contribution in [1.29, 1.82) is 0 Å². The topological polar surface area (TPSA) is 50.5 Å². The normalized spacial score (nSPS) is 12.7. The van der Waals surface area contributed by atoms with Gasteiger partial charge in [-0.25, -0.2) is 4.98 Å². The molecule has 1 N–H and O–H groups in total. The fourth-order valence-electron chi connectivity index (χ4n) is 2.08. The first-order valence-electron chi connectivity index (χ1n) is 6.57. The van der Waals surface area contributed by atoms with Gasteiger partial charge in [-0.1, -0.05) is 12.1 Å². The molecule has 1 atom stereocenters. The van der Waals surface area contributed by atoms with E-state index >= 15 is 0 Å². The van der Waals surface area contributed by atoms with Gasteiger partial charge in [-0.2, -0.15) is 0 Å². The van der Waals surface area contributed by atoms with E-state index in [1.54, 1.807) is 13.3 Å². The molecule has 0 spiro atoms. The second-order valence-corrected chi connectivity index (χ2v) is 4.94. The lowest BCUT2D eigenvalue weighted by Gasteiger charge is -2.20. The molecule has 0 saturated heterocycles. The van der Waals surface area contributed by atoms with Crippen LogP contribution < -0.4 is 4.74 Å². The number of aliphatic hydroxyl groups excluding tert-OH is 1. The Kier molecular flexibility index (Phi) is 4.76. The molecule has 5 nitrogen and oxygen atoms in total. The summed E-state index contributed by atoms with van der Waals surface area (Å²) < 4.78 is 7.09. The van der Waals surface area contributed by atoms with Crippen LogP contribution >= 0.6 is 0 Å². The molecule has 0 amide bonds. The predicted octanol–water partition coefficient (Wildman–Crippen LogP) is 1.59. The van der Waals surface area contributed by atoms with Crippen molar-refractivity contribution >= 4 is 0 Å². The van der Waals surface area contributed by atoms with Crippen LogP contribution in [0.5, 0.6) is 5.75 Å². The van der Waals surface area contributed by atoms with Crippen molar-refractivity contribution in [2.45, 2.75) is 12.6 Å². The highest BCUT2D eigenvalue weighted by Gasteiger charge is 2.12. The van der Waals surface area contributed by atoms with Crippen molar-refractivity contribution in [2.75, 3.05) is 20.7 Å². The van der Waals surface area contributed by atoms with E-state index in [9.17, 15) is 5.11 Å². The summed E-state index contributed by atoms with van der Waals surface area (Å²) in [6, 6.07) is 7.49. The van der Waals surface area contributed by atoms with E-state index in [0.717, 1.165) is 17.1 Å². The van der Waals surface area contributed by atoms with Gasteiger partial charge in [-0.05, 0) is 24.7 Å². The zero-order valence-electron chi connectivity index (χ0n) is 12.2. The van der Waals surface area contributed by atoms with Gasteiger partial charge in [-0.3, -0.25) is 4.90 Å². The molecule has 1 heterocycles. The maximum absolute atomic E-state index is 10.2. The summed E-state index contributed by atoms with van der Waals surface area (Å²) in [5, 5.41) is 10.2. The Morgan fingerprint density at radius 2 is 2.05 bits per heavy atom. The highest BCUT2D eigenvalue weighted by molar-refractivity contribution is 5.28. The maximum Gasteiger partial charge on any atom is 0.122 e. The number of aryl methyl sites for hydroxylation is 1. The van der Waals surface area contributed by atoms with E-state index in [4.69, 9.17) is 4.74 Å². The lowest BCUT2D eigenvalue weighted by molar-refractivity contribution is 0.122.